The molecular formula is C9H7NO6. The van der Waals surface area contributed by atoms with Crippen molar-refractivity contribution in [2.45, 2.75) is 6.92 Å². The van der Waals surface area contributed by atoms with Crippen molar-refractivity contribution in [1.82, 2.24) is 4.98 Å². The zero-order valence-corrected chi connectivity index (χ0v) is 8.10. The van der Waals surface area contributed by atoms with Gasteiger partial charge in [0.15, 0.2) is 5.78 Å². The average molecular weight is 225 g/mol. The third kappa shape index (κ3) is 1.97. The Bertz CT molecular complexity index is 541. The lowest BCUT2D eigenvalue weighted by Crippen LogP contribution is -2.23. The molecule has 0 aliphatic rings. The minimum absolute atomic E-state index is 0.387. The summed E-state index contributed by atoms with van der Waals surface area (Å²) in [4.78, 5) is 45.4. The second-order valence-electron chi connectivity index (χ2n) is 2.97. The molecule has 0 fully saturated rings. The van der Waals surface area contributed by atoms with E-state index < -0.39 is 34.5 Å². The van der Waals surface area contributed by atoms with E-state index in [4.69, 9.17) is 10.2 Å². The van der Waals surface area contributed by atoms with Crippen LogP contribution in [0, 0.1) is 0 Å². The van der Waals surface area contributed by atoms with Gasteiger partial charge in [0.1, 0.15) is 5.69 Å². The predicted octanol–water partition coefficient (Wildman–Crippen LogP) is -0.0261. The summed E-state index contributed by atoms with van der Waals surface area (Å²) in [5.74, 6) is -3.75. The van der Waals surface area contributed by atoms with Crippen LogP contribution in [0.25, 0.3) is 0 Å². The van der Waals surface area contributed by atoms with Gasteiger partial charge < -0.3 is 15.2 Å². The van der Waals surface area contributed by atoms with Gasteiger partial charge in [-0.2, -0.15) is 0 Å². The molecule has 0 saturated heterocycles. The van der Waals surface area contributed by atoms with Crippen LogP contribution in [-0.4, -0.2) is 32.9 Å². The van der Waals surface area contributed by atoms with Crippen molar-refractivity contribution < 1.29 is 24.6 Å². The Hall–Kier alpha value is -2.44. The molecule has 7 heteroatoms. The lowest BCUT2D eigenvalue weighted by molar-refractivity contribution is 0.0645. The predicted molar refractivity (Wildman–Crippen MR) is 51.0 cm³/mol. The van der Waals surface area contributed by atoms with Crippen molar-refractivity contribution in [3.63, 3.8) is 0 Å². The number of ketones is 1. The molecule has 16 heavy (non-hydrogen) atoms. The van der Waals surface area contributed by atoms with Crippen LogP contribution in [0.5, 0.6) is 0 Å². The van der Waals surface area contributed by atoms with Crippen LogP contribution in [0.15, 0.2) is 10.9 Å². The Morgan fingerprint density at radius 1 is 1.12 bits per heavy atom. The first-order valence-corrected chi connectivity index (χ1v) is 4.09. The fraction of sp³-hybridized carbons (Fsp3) is 0.111. The lowest BCUT2D eigenvalue weighted by Gasteiger charge is -2.02. The van der Waals surface area contributed by atoms with Crippen molar-refractivity contribution in [3.05, 3.63) is 33.2 Å². The summed E-state index contributed by atoms with van der Waals surface area (Å²) in [5, 5.41) is 17.4. The number of aromatic carboxylic acids is 2. The minimum Gasteiger partial charge on any atom is -0.478 e. The number of aromatic amines is 1. The van der Waals surface area contributed by atoms with E-state index in [1.165, 1.54) is 0 Å². The highest BCUT2D eigenvalue weighted by Gasteiger charge is 2.20. The number of rotatable bonds is 3. The molecule has 1 aromatic heterocycles. The number of pyridine rings is 1. The quantitative estimate of drug-likeness (QED) is 0.620. The van der Waals surface area contributed by atoms with E-state index in [2.05, 4.69) is 0 Å². The molecule has 0 aliphatic heterocycles. The minimum atomic E-state index is -1.58. The first kappa shape index (κ1) is 11.6. The van der Waals surface area contributed by atoms with Gasteiger partial charge in [-0.25, -0.2) is 9.59 Å². The molecule has 0 aliphatic carbocycles. The van der Waals surface area contributed by atoms with Crippen LogP contribution >= 0.6 is 0 Å². The van der Waals surface area contributed by atoms with E-state index in [9.17, 15) is 19.2 Å². The molecule has 0 aromatic carbocycles. The lowest BCUT2D eigenvalue weighted by atomic mass is 10.1. The van der Waals surface area contributed by atoms with Gasteiger partial charge in [-0.1, -0.05) is 0 Å². The molecule has 0 saturated carbocycles. The number of carboxylic acid groups (broad SMARTS) is 2. The molecule has 84 valence electrons. The highest BCUT2D eigenvalue weighted by molar-refractivity contribution is 6.03. The molecule has 1 heterocycles. The van der Waals surface area contributed by atoms with E-state index in [0.29, 0.717) is 0 Å². The maximum absolute atomic E-state index is 11.2. The number of aromatic nitrogens is 1. The summed E-state index contributed by atoms with van der Waals surface area (Å²) >= 11 is 0. The molecule has 0 bridgehead atoms. The molecule has 3 N–H and O–H groups in total. The van der Waals surface area contributed by atoms with Crippen molar-refractivity contribution in [3.8, 4) is 0 Å². The topological polar surface area (TPSA) is 125 Å². The zero-order chi connectivity index (χ0) is 12.5. The van der Waals surface area contributed by atoms with Gasteiger partial charge in [-0.15, -0.1) is 0 Å². The number of carbonyl (C=O) groups excluding carboxylic acids is 1. The number of H-pyrrole nitrogens is 1. The SMILES string of the molecule is CC(=O)c1cc(C(=O)O)c(C(=O)O)[nH]c1=O. The van der Waals surface area contributed by atoms with Gasteiger partial charge in [0.25, 0.3) is 5.56 Å². The van der Waals surface area contributed by atoms with E-state index in [1.807, 2.05) is 4.98 Å². The molecule has 0 radical (unpaired) electrons. The molecular weight excluding hydrogens is 218 g/mol. The van der Waals surface area contributed by atoms with Crippen molar-refractivity contribution in [1.29, 1.82) is 0 Å². The zero-order valence-electron chi connectivity index (χ0n) is 8.10. The van der Waals surface area contributed by atoms with Crippen LogP contribution in [-0.2, 0) is 0 Å². The maximum Gasteiger partial charge on any atom is 0.353 e. The van der Waals surface area contributed by atoms with Gasteiger partial charge in [0.05, 0.1) is 11.1 Å². The Morgan fingerprint density at radius 3 is 2.06 bits per heavy atom. The number of carboxylic acids is 2. The van der Waals surface area contributed by atoms with Gasteiger partial charge in [0, 0.05) is 0 Å². The number of hydrogen-bond donors (Lipinski definition) is 3. The summed E-state index contributed by atoms with van der Waals surface area (Å²) in [5.41, 5.74) is -2.68. The number of nitrogens with one attached hydrogen (secondary N) is 1. The highest BCUT2D eigenvalue weighted by Crippen LogP contribution is 2.06. The summed E-state index contributed by atoms with van der Waals surface area (Å²) in [6, 6.07) is 0.757. The van der Waals surface area contributed by atoms with E-state index in [1.54, 1.807) is 0 Å². The first-order chi connectivity index (χ1) is 7.34. The van der Waals surface area contributed by atoms with Crippen molar-refractivity contribution in [2.24, 2.45) is 0 Å². The molecule has 0 atom stereocenters. The third-order valence-electron chi connectivity index (χ3n) is 1.86. The Kier molecular flexibility index (Phi) is 2.89. The molecule has 0 amide bonds. The maximum atomic E-state index is 11.2. The number of Topliss-reactive ketones (excluding diaryl/α,β-unsaturated/α-hetero) is 1. The Labute approximate surface area is 88.3 Å². The average Bonchev–Trinajstić information content (AvgIpc) is 2.15. The van der Waals surface area contributed by atoms with Crippen molar-refractivity contribution >= 4 is 17.7 Å². The van der Waals surface area contributed by atoms with Crippen molar-refractivity contribution in [2.75, 3.05) is 0 Å². The van der Waals surface area contributed by atoms with Crippen LogP contribution in [0.3, 0.4) is 0 Å². The van der Waals surface area contributed by atoms with E-state index >= 15 is 0 Å². The molecule has 1 aromatic rings. The smallest absolute Gasteiger partial charge is 0.353 e. The monoisotopic (exact) mass is 225 g/mol. The molecule has 7 nitrogen and oxygen atoms in total. The fourth-order valence-electron chi connectivity index (χ4n) is 1.13. The van der Waals surface area contributed by atoms with Crippen LogP contribution < -0.4 is 5.56 Å². The second kappa shape index (κ2) is 3.97. The van der Waals surface area contributed by atoms with Gasteiger partial charge in [-0.05, 0) is 13.0 Å². The summed E-state index contributed by atoms with van der Waals surface area (Å²) in [6.45, 7) is 1.08. The standard InChI is InChI=1S/C9H7NO6/c1-3(11)4-2-5(8(13)14)6(9(15)16)10-7(4)12/h2H,1H3,(H,10,12)(H,13,14)(H,15,16). The van der Waals surface area contributed by atoms with Crippen LogP contribution in [0.1, 0.15) is 38.1 Å². The Morgan fingerprint density at radius 2 is 1.69 bits per heavy atom. The van der Waals surface area contributed by atoms with E-state index in [0.717, 1.165) is 13.0 Å². The number of hydrogen-bond acceptors (Lipinski definition) is 4. The molecule has 0 unspecified atom stereocenters. The third-order valence-corrected chi connectivity index (χ3v) is 1.86. The molecule has 1 rings (SSSR count). The summed E-state index contributed by atoms with van der Waals surface area (Å²) in [7, 11) is 0. The van der Waals surface area contributed by atoms with E-state index in [-0.39, 0.29) is 5.56 Å². The van der Waals surface area contributed by atoms with Crippen LogP contribution in [0.2, 0.25) is 0 Å². The van der Waals surface area contributed by atoms with Gasteiger partial charge in [0.2, 0.25) is 0 Å². The van der Waals surface area contributed by atoms with Gasteiger partial charge in [-0.3, -0.25) is 9.59 Å². The largest absolute Gasteiger partial charge is 0.478 e. The summed E-state index contributed by atoms with van der Waals surface area (Å²) < 4.78 is 0. The fourth-order valence-corrected chi connectivity index (χ4v) is 1.13. The normalized spacial score (nSPS) is 9.81. The number of carbonyl (C=O) groups is 3. The Balaban J connectivity index is 3.62. The molecule has 0 spiro atoms. The van der Waals surface area contributed by atoms with Crippen LogP contribution in [0.4, 0.5) is 0 Å². The van der Waals surface area contributed by atoms with Gasteiger partial charge >= 0.3 is 11.9 Å². The summed E-state index contributed by atoms with van der Waals surface area (Å²) in [6.07, 6.45) is 0. The second-order valence-corrected chi connectivity index (χ2v) is 2.97. The highest BCUT2D eigenvalue weighted by atomic mass is 16.4. The first-order valence-electron chi connectivity index (χ1n) is 4.09.